The number of nitrogens with one attached hydrogen (secondary N) is 2. The summed E-state index contributed by atoms with van der Waals surface area (Å²) in [5.41, 5.74) is 0.930. The van der Waals surface area contributed by atoms with Crippen molar-refractivity contribution in [3.8, 4) is 0 Å². The molecule has 0 aromatic heterocycles. The summed E-state index contributed by atoms with van der Waals surface area (Å²) in [6.07, 6.45) is 1.87. The lowest BCUT2D eigenvalue weighted by atomic mass is 10.1. The molecule has 2 N–H and O–H groups in total. The lowest BCUT2D eigenvalue weighted by Crippen LogP contribution is -2.42. The standard InChI is InChI=1S/C14H21ClN2O/c1-4-11(5-2)17-14(18)16-10(3)12-8-6-7-9-13(12)15/h6-11H,4-5H2,1-3H3,(H2,16,17,18)/t10-/m1/s1. The van der Waals surface area contributed by atoms with Crippen molar-refractivity contribution in [3.63, 3.8) is 0 Å². The van der Waals surface area contributed by atoms with Gasteiger partial charge in [-0.1, -0.05) is 43.6 Å². The minimum absolute atomic E-state index is 0.104. The molecule has 2 amide bonds. The second-order valence-electron chi connectivity index (χ2n) is 4.37. The minimum atomic E-state index is -0.142. The van der Waals surface area contributed by atoms with Gasteiger partial charge in [0.15, 0.2) is 0 Å². The van der Waals surface area contributed by atoms with Gasteiger partial charge in [-0.2, -0.15) is 0 Å². The SMILES string of the molecule is CCC(CC)NC(=O)N[C@H](C)c1ccccc1Cl. The molecular weight excluding hydrogens is 248 g/mol. The first kappa shape index (κ1) is 14.8. The molecule has 0 heterocycles. The van der Waals surface area contributed by atoms with Gasteiger partial charge in [-0.15, -0.1) is 0 Å². The first-order valence-corrected chi connectivity index (χ1v) is 6.77. The average molecular weight is 269 g/mol. The van der Waals surface area contributed by atoms with Crippen LogP contribution in [0, 0.1) is 0 Å². The molecule has 0 aliphatic carbocycles. The Labute approximate surface area is 114 Å². The number of urea groups is 1. The number of benzene rings is 1. The van der Waals surface area contributed by atoms with Crippen LogP contribution in [0.4, 0.5) is 4.79 Å². The van der Waals surface area contributed by atoms with Crippen LogP contribution in [0.25, 0.3) is 0 Å². The van der Waals surface area contributed by atoms with E-state index in [1.807, 2.05) is 31.2 Å². The highest BCUT2D eigenvalue weighted by Crippen LogP contribution is 2.21. The first-order valence-electron chi connectivity index (χ1n) is 6.39. The molecule has 1 aromatic rings. The summed E-state index contributed by atoms with van der Waals surface area (Å²) in [7, 11) is 0. The second-order valence-corrected chi connectivity index (χ2v) is 4.78. The van der Waals surface area contributed by atoms with Crippen LogP contribution in [0.5, 0.6) is 0 Å². The van der Waals surface area contributed by atoms with Crippen molar-refractivity contribution in [2.45, 2.75) is 45.7 Å². The van der Waals surface area contributed by atoms with Crippen LogP contribution < -0.4 is 10.6 Å². The first-order chi connectivity index (χ1) is 8.58. The van der Waals surface area contributed by atoms with E-state index in [0.29, 0.717) is 5.02 Å². The monoisotopic (exact) mass is 268 g/mol. The molecule has 0 bridgehead atoms. The summed E-state index contributed by atoms with van der Waals surface area (Å²) in [6, 6.07) is 7.52. The van der Waals surface area contributed by atoms with Gasteiger partial charge in [0, 0.05) is 11.1 Å². The van der Waals surface area contributed by atoms with Gasteiger partial charge in [0.25, 0.3) is 0 Å². The molecule has 0 saturated carbocycles. The second kappa shape index (κ2) is 7.27. The average Bonchev–Trinajstić information content (AvgIpc) is 2.36. The quantitative estimate of drug-likeness (QED) is 0.836. The van der Waals surface area contributed by atoms with Crippen LogP contribution in [0.15, 0.2) is 24.3 Å². The third-order valence-corrected chi connectivity index (χ3v) is 3.38. The van der Waals surface area contributed by atoms with Crippen LogP contribution >= 0.6 is 11.6 Å². The molecule has 0 radical (unpaired) electrons. The van der Waals surface area contributed by atoms with Crippen molar-refractivity contribution in [2.75, 3.05) is 0 Å². The summed E-state index contributed by atoms with van der Waals surface area (Å²) in [5, 5.41) is 6.52. The van der Waals surface area contributed by atoms with Gasteiger partial charge in [-0.25, -0.2) is 4.79 Å². The zero-order valence-electron chi connectivity index (χ0n) is 11.2. The predicted octanol–water partition coefficient (Wildman–Crippen LogP) is 3.89. The van der Waals surface area contributed by atoms with Crippen LogP contribution in [-0.4, -0.2) is 12.1 Å². The Bertz CT molecular complexity index is 391. The molecule has 0 spiro atoms. The Morgan fingerprint density at radius 2 is 1.83 bits per heavy atom. The number of hydrogen-bond acceptors (Lipinski definition) is 1. The number of amides is 2. The Kier molecular flexibility index (Phi) is 5.99. The number of carbonyl (C=O) groups excluding carboxylic acids is 1. The molecule has 1 aromatic carbocycles. The summed E-state index contributed by atoms with van der Waals surface area (Å²) in [6.45, 7) is 6.05. The molecule has 0 unspecified atom stereocenters. The molecule has 0 saturated heterocycles. The number of rotatable bonds is 5. The van der Waals surface area contributed by atoms with E-state index in [2.05, 4.69) is 24.5 Å². The Morgan fingerprint density at radius 3 is 2.39 bits per heavy atom. The van der Waals surface area contributed by atoms with E-state index < -0.39 is 0 Å². The van der Waals surface area contributed by atoms with Gasteiger partial charge in [-0.05, 0) is 31.4 Å². The summed E-state index contributed by atoms with van der Waals surface area (Å²) >= 11 is 6.09. The molecule has 1 atom stereocenters. The van der Waals surface area contributed by atoms with Crippen molar-refractivity contribution in [1.82, 2.24) is 10.6 Å². The molecular formula is C14H21ClN2O. The van der Waals surface area contributed by atoms with E-state index in [9.17, 15) is 4.79 Å². The zero-order valence-corrected chi connectivity index (χ0v) is 11.9. The van der Waals surface area contributed by atoms with E-state index in [1.54, 1.807) is 0 Å². The molecule has 0 fully saturated rings. The fourth-order valence-electron chi connectivity index (χ4n) is 1.82. The molecule has 1 rings (SSSR count). The molecule has 100 valence electrons. The van der Waals surface area contributed by atoms with Crippen molar-refractivity contribution < 1.29 is 4.79 Å². The summed E-state index contributed by atoms with van der Waals surface area (Å²) in [5.74, 6) is 0. The maximum atomic E-state index is 11.8. The third-order valence-electron chi connectivity index (χ3n) is 3.04. The molecule has 3 nitrogen and oxygen atoms in total. The predicted molar refractivity (Wildman–Crippen MR) is 75.9 cm³/mol. The fraction of sp³-hybridized carbons (Fsp3) is 0.500. The van der Waals surface area contributed by atoms with Gasteiger partial charge in [0.2, 0.25) is 0 Å². The highest BCUT2D eigenvalue weighted by atomic mass is 35.5. The van der Waals surface area contributed by atoms with Crippen LogP contribution in [0.1, 0.15) is 45.2 Å². The number of halogens is 1. The number of hydrogen-bond donors (Lipinski definition) is 2. The highest BCUT2D eigenvalue weighted by molar-refractivity contribution is 6.31. The lowest BCUT2D eigenvalue weighted by Gasteiger charge is -2.19. The summed E-state index contributed by atoms with van der Waals surface area (Å²) in [4.78, 5) is 11.8. The maximum Gasteiger partial charge on any atom is 0.315 e. The summed E-state index contributed by atoms with van der Waals surface area (Å²) < 4.78 is 0. The van der Waals surface area contributed by atoms with E-state index in [1.165, 1.54) is 0 Å². The lowest BCUT2D eigenvalue weighted by molar-refractivity contribution is 0.233. The van der Waals surface area contributed by atoms with Gasteiger partial charge in [0.05, 0.1) is 6.04 Å². The minimum Gasteiger partial charge on any atom is -0.335 e. The topological polar surface area (TPSA) is 41.1 Å². The van der Waals surface area contributed by atoms with Crippen molar-refractivity contribution in [2.24, 2.45) is 0 Å². The van der Waals surface area contributed by atoms with Gasteiger partial charge < -0.3 is 10.6 Å². The van der Waals surface area contributed by atoms with Crippen molar-refractivity contribution in [1.29, 1.82) is 0 Å². The largest absolute Gasteiger partial charge is 0.335 e. The third kappa shape index (κ3) is 4.22. The Morgan fingerprint density at radius 1 is 1.22 bits per heavy atom. The van der Waals surface area contributed by atoms with Gasteiger partial charge in [0.1, 0.15) is 0 Å². The molecule has 0 aliphatic rings. The van der Waals surface area contributed by atoms with Gasteiger partial charge >= 0.3 is 6.03 Å². The van der Waals surface area contributed by atoms with E-state index >= 15 is 0 Å². The van der Waals surface area contributed by atoms with E-state index in [-0.39, 0.29) is 18.1 Å². The smallest absolute Gasteiger partial charge is 0.315 e. The normalized spacial score (nSPS) is 12.3. The van der Waals surface area contributed by atoms with Gasteiger partial charge in [-0.3, -0.25) is 0 Å². The van der Waals surface area contributed by atoms with Crippen molar-refractivity contribution >= 4 is 17.6 Å². The highest BCUT2D eigenvalue weighted by Gasteiger charge is 2.13. The molecule has 18 heavy (non-hydrogen) atoms. The Hall–Kier alpha value is -1.22. The van der Waals surface area contributed by atoms with E-state index in [4.69, 9.17) is 11.6 Å². The fourth-order valence-corrected chi connectivity index (χ4v) is 2.12. The molecule has 0 aliphatic heterocycles. The van der Waals surface area contributed by atoms with Crippen LogP contribution in [0.2, 0.25) is 5.02 Å². The van der Waals surface area contributed by atoms with Crippen LogP contribution in [-0.2, 0) is 0 Å². The zero-order chi connectivity index (χ0) is 13.5. The van der Waals surface area contributed by atoms with E-state index in [0.717, 1.165) is 18.4 Å². The maximum absolute atomic E-state index is 11.8. The molecule has 4 heteroatoms. The van der Waals surface area contributed by atoms with Crippen molar-refractivity contribution in [3.05, 3.63) is 34.9 Å². The van der Waals surface area contributed by atoms with Crippen LogP contribution in [0.3, 0.4) is 0 Å². The number of carbonyl (C=O) groups is 1. The Balaban J connectivity index is 2.57.